The molecule has 0 saturated heterocycles. The monoisotopic (exact) mass is 333 g/mol. The summed E-state index contributed by atoms with van der Waals surface area (Å²) in [6.45, 7) is 0. The topological polar surface area (TPSA) is 26.0 Å². The Morgan fingerprint density at radius 1 is 0.895 bits per heavy atom. The van der Waals surface area contributed by atoms with Gasteiger partial charge in [0.2, 0.25) is 0 Å². The van der Waals surface area contributed by atoms with Crippen LogP contribution in [0, 0.1) is 23.3 Å². The van der Waals surface area contributed by atoms with Crippen molar-refractivity contribution in [2.75, 3.05) is 0 Å². The average molecular weight is 334 g/mol. The van der Waals surface area contributed by atoms with Crippen LogP contribution in [0.15, 0.2) is 34.8 Å². The second-order valence-electron chi connectivity index (χ2n) is 3.92. The minimum atomic E-state index is -1.59. The molecular weight excluding hydrogens is 326 g/mol. The Morgan fingerprint density at radius 2 is 1.58 bits per heavy atom. The first-order chi connectivity index (χ1) is 8.91. The molecule has 0 saturated carbocycles. The third kappa shape index (κ3) is 2.64. The number of benzene rings is 2. The first-order valence-electron chi connectivity index (χ1n) is 5.25. The Balaban J connectivity index is 2.47. The van der Waals surface area contributed by atoms with Gasteiger partial charge >= 0.3 is 0 Å². The van der Waals surface area contributed by atoms with Crippen LogP contribution in [0.25, 0.3) is 0 Å². The molecule has 100 valence electrons. The van der Waals surface area contributed by atoms with Gasteiger partial charge in [-0.25, -0.2) is 17.6 Å². The molecule has 2 aromatic carbocycles. The Kier molecular flexibility index (Phi) is 3.91. The van der Waals surface area contributed by atoms with Gasteiger partial charge in [0.05, 0.1) is 10.5 Å². The molecule has 0 aliphatic carbocycles. The molecule has 2 N–H and O–H groups in total. The minimum absolute atomic E-state index is 0.231. The molecule has 2 rings (SSSR count). The summed E-state index contributed by atoms with van der Waals surface area (Å²) in [6, 6.07) is 4.72. The van der Waals surface area contributed by atoms with E-state index in [0.29, 0.717) is 0 Å². The van der Waals surface area contributed by atoms with E-state index in [1.54, 1.807) is 0 Å². The predicted octanol–water partition coefficient (Wildman–Crippen LogP) is 4.05. The lowest BCUT2D eigenvalue weighted by Gasteiger charge is -2.14. The van der Waals surface area contributed by atoms with E-state index in [-0.39, 0.29) is 15.6 Å². The summed E-state index contributed by atoms with van der Waals surface area (Å²) in [5.41, 5.74) is 5.76. The van der Waals surface area contributed by atoms with Gasteiger partial charge in [0.25, 0.3) is 0 Å². The normalized spacial score (nSPS) is 12.5. The van der Waals surface area contributed by atoms with Crippen molar-refractivity contribution in [1.29, 1.82) is 0 Å². The molecule has 0 aliphatic heterocycles. The van der Waals surface area contributed by atoms with Crippen LogP contribution in [-0.4, -0.2) is 0 Å². The average Bonchev–Trinajstić information content (AvgIpc) is 2.39. The van der Waals surface area contributed by atoms with Crippen molar-refractivity contribution in [3.8, 4) is 0 Å². The van der Waals surface area contributed by atoms with Crippen molar-refractivity contribution >= 4 is 15.9 Å². The zero-order chi connectivity index (χ0) is 14.2. The zero-order valence-electron chi connectivity index (χ0n) is 9.43. The van der Waals surface area contributed by atoms with E-state index in [9.17, 15) is 17.6 Å². The molecule has 0 fully saturated rings. The van der Waals surface area contributed by atoms with Crippen LogP contribution in [0.3, 0.4) is 0 Å². The highest BCUT2D eigenvalue weighted by Crippen LogP contribution is 2.27. The molecular formula is C13H8BrF4N. The van der Waals surface area contributed by atoms with Crippen molar-refractivity contribution in [3.63, 3.8) is 0 Å². The second kappa shape index (κ2) is 5.30. The van der Waals surface area contributed by atoms with Crippen molar-refractivity contribution in [3.05, 3.63) is 69.2 Å². The molecule has 0 amide bonds. The first kappa shape index (κ1) is 14.0. The van der Waals surface area contributed by atoms with Gasteiger partial charge in [-0.2, -0.15) is 0 Å². The smallest absolute Gasteiger partial charge is 0.194 e. The third-order valence-electron chi connectivity index (χ3n) is 2.70. The minimum Gasteiger partial charge on any atom is -0.320 e. The Bertz CT molecular complexity index is 630. The summed E-state index contributed by atoms with van der Waals surface area (Å²) >= 11 is 2.97. The van der Waals surface area contributed by atoms with E-state index in [4.69, 9.17) is 5.73 Å². The Labute approximate surface area is 115 Å². The van der Waals surface area contributed by atoms with Crippen molar-refractivity contribution < 1.29 is 17.6 Å². The van der Waals surface area contributed by atoms with E-state index < -0.39 is 29.3 Å². The predicted molar refractivity (Wildman–Crippen MR) is 66.4 cm³/mol. The van der Waals surface area contributed by atoms with Crippen molar-refractivity contribution in [2.24, 2.45) is 5.73 Å². The molecule has 1 unspecified atom stereocenters. The van der Waals surface area contributed by atoms with Gasteiger partial charge in [0.1, 0.15) is 5.82 Å². The molecule has 0 radical (unpaired) electrons. The highest BCUT2D eigenvalue weighted by Gasteiger charge is 2.20. The molecule has 1 atom stereocenters. The number of nitrogens with two attached hydrogens (primary N) is 1. The zero-order valence-corrected chi connectivity index (χ0v) is 11.0. The SMILES string of the molecule is NC(c1ccc(Br)c(F)c1)c1ccc(F)c(F)c1F. The highest BCUT2D eigenvalue weighted by atomic mass is 79.9. The summed E-state index contributed by atoms with van der Waals surface area (Å²) in [7, 11) is 0. The lowest BCUT2D eigenvalue weighted by atomic mass is 9.99. The molecule has 6 heteroatoms. The van der Waals surface area contributed by atoms with Crippen LogP contribution in [0.5, 0.6) is 0 Å². The van der Waals surface area contributed by atoms with E-state index in [0.717, 1.165) is 18.2 Å². The molecule has 1 nitrogen and oxygen atoms in total. The van der Waals surface area contributed by atoms with Gasteiger partial charge < -0.3 is 5.73 Å². The molecule has 0 heterocycles. The maximum absolute atomic E-state index is 13.6. The van der Waals surface area contributed by atoms with Crippen molar-refractivity contribution in [1.82, 2.24) is 0 Å². The number of hydrogen-bond donors (Lipinski definition) is 1. The number of halogens is 5. The summed E-state index contributed by atoms with van der Waals surface area (Å²) in [5.74, 6) is -4.83. The highest BCUT2D eigenvalue weighted by molar-refractivity contribution is 9.10. The maximum atomic E-state index is 13.6. The van der Waals surface area contributed by atoms with Crippen LogP contribution in [0.2, 0.25) is 0 Å². The third-order valence-corrected chi connectivity index (χ3v) is 3.35. The maximum Gasteiger partial charge on any atom is 0.194 e. The second-order valence-corrected chi connectivity index (χ2v) is 4.77. The molecule has 2 aromatic rings. The van der Waals surface area contributed by atoms with Crippen molar-refractivity contribution in [2.45, 2.75) is 6.04 Å². The van der Waals surface area contributed by atoms with Crippen LogP contribution < -0.4 is 5.73 Å². The fraction of sp³-hybridized carbons (Fsp3) is 0.0769. The van der Waals surface area contributed by atoms with E-state index in [1.165, 1.54) is 12.1 Å². The van der Waals surface area contributed by atoms with Gasteiger partial charge in [-0.3, -0.25) is 0 Å². The summed E-state index contributed by atoms with van der Waals surface area (Å²) < 4.78 is 53.1. The molecule has 0 spiro atoms. The van der Waals surface area contributed by atoms with Crippen LogP contribution >= 0.6 is 15.9 Å². The first-order valence-corrected chi connectivity index (χ1v) is 6.05. The van der Waals surface area contributed by atoms with Gasteiger partial charge in [-0.05, 0) is 39.7 Å². The molecule has 19 heavy (non-hydrogen) atoms. The van der Waals surface area contributed by atoms with Gasteiger partial charge in [0, 0.05) is 5.56 Å². The Morgan fingerprint density at radius 3 is 2.21 bits per heavy atom. The molecule has 0 aromatic heterocycles. The van der Waals surface area contributed by atoms with Gasteiger partial charge in [-0.1, -0.05) is 12.1 Å². The van der Waals surface area contributed by atoms with E-state index in [2.05, 4.69) is 15.9 Å². The van der Waals surface area contributed by atoms with Gasteiger partial charge in [-0.15, -0.1) is 0 Å². The molecule has 0 aliphatic rings. The summed E-state index contributed by atoms with van der Waals surface area (Å²) in [6.07, 6.45) is 0. The summed E-state index contributed by atoms with van der Waals surface area (Å²) in [5, 5.41) is 0. The van der Waals surface area contributed by atoms with Crippen LogP contribution in [-0.2, 0) is 0 Å². The lowest BCUT2D eigenvalue weighted by molar-refractivity contribution is 0.438. The fourth-order valence-electron chi connectivity index (χ4n) is 1.67. The largest absolute Gasteiger partial charge is 0.320 e. The quantitative estimate of drug-likeness (QED) is 0.651. The standard InChI is InChI=1S/C13H8BrF4N/c14-8-3-1-6(5-10(8)16)13(19)7-2-4-9(15)12(18)11(7)17/h1-5,13H,19H2. The fourth-order valence-corrected chi connectivity index (χ4v) is 1.91. The van der Waals surface area contributed by atoms with Crippen LogP contribution in [0.4, 0.5) is 17.6 Å². The number of rotatable bonds is 2. The van der Waals surface area contributed by atoms with Crippen LogP contribution in [0.1, 0.15) is 17.2 Å². The lowest BCUT2D eigenvalue weighted by Crippen LogP contribution is -2.15. The van der Waals surface area contributed by atoms with E-state index >= 15 is 0 Å². The number of hydrogen-bond acceptors (Lipinski definition) is 1. The summed E-state index contributed by atoms with van der Waals surface area (Å²) in [4.78, 5) is 0. The Hall–Kier alpha value is -1.40. The molecule has 0 bridgehead atoms. The van der Waals surface area contributed by atoms with E-state index in [1.807, 2.05) is 0 Å². The van der Waals surface area contributed by atoms with Gasteiger partial charge in [0.15, 0.2) is 17.5 Å².